The summed E-state index contributed by atoms with van der Waals surface area (Å²) >= 11 is 1.28. The lowest BCUT2D eigenvalue weighted by molar-refractivity contribution is -0.117. The number of amides is 2. The predicted molar refractivity (Wildman–Crippen MR) is 92.7 cm³/mol. The van der Waals surface area contributed by atoms with Gasteiger partial charge in [0.1, 0.15) is 5.82 Å². The van der Waals surface area contributed by atoms with E-state index in [0.29, 0.717) is 22.0 Å². The number of benzene rings is 1. The summed E-state index contributed by atoms with van der Waals surface area (Å²) in [5.74, 6) is -0.280. The highest BCUT2D eigenvalue weighted by Gasteiger charge is 2.30. The second kappa shape index (κ2) is 6.73. The number of anilines is 1. The maximum absolute atomic E-state index is 13.3. The van der Waals surface area contributed by atoms with Crippen LogP contribution in [-0.4, -0.2) is 11.8 Å². The lowest BCUT2D eigenvalue weighted by Gasteiger charge is -2.06. The smallest absolute Gasteiger partial charge is 0.261 e. The first-order valence-electron chi connectivity index (χ1n) is 7.88. The first-order chi connectivity index (χ1) is 11.4. The van der Waals surface area contributed by atoms with Gasteiger partial charge in [-0.1, -0.05) is 12.1 Å². The van der Waals surface area contributed by atoms with Crippen LogP contribution in [-0.2, 0) is 11.3 Å². The van der Waals surface area contributed by atoms with Gasteiger partial charge in [0.15, 0.2) is 0 Å². The van der Waals surface area contributed by atoms with Gasteiger partial charge in [-0.3, -0.25) is 9.59 Å². The maximum atomic E-state index is 13.3. The molecule has 0 atom stereocenters. The Kier molecular flexibility index (Phi) is 4.66. The van der Waals surface area contributed by atoms with Crippen molar-refractivity contribution in [3.05, 3.63) is 51.7 Å². The van der Waals surface area contributed by atoms with E-state index in [-0.39, 0.29) is 23.5 Å². The van der Waals surface area contributed by atoms with Gasteiger partial charge in [-0.2, -0.15) is 0 Å². The Hall–Kier alpha value is -2.21. The molecule has 4 nitrogen and oxygen atoms in total. The number of thiophene rings is 1. The van der Waals surface area contributed by atoms with Gasteiger partial charge in [-0.15, -0.1) is 11.3 Å². The van der Waals surface area contributed by atoms with Crippen molar-refractivity contribution in [3.63, 3.8) is 0 Å². The van der Waals surface area contributed by atoms with Gasteiger partial charge in [-0.05, 0) is 55.5 Å². The Labute approximate surface area is 144 Å². The highest BCUT2D eigenvalue weighted by Crippen LogP contribution is 2.32. The second-order valence-electron chi connectivity index (χ2n) is 6.15. The molecule has 2 amide bonds. The van der Waals surface area contributed by atoms with Gasteiger partial charge in [0.2, 0.25) is 5.91 Å². The molecule has 1 aliphatic carbocycles. The quantitative estimate of drug-likeness (QED) is 0.865. The van der Waals surface area contributed by atoms with Crippen LogP contribution in [0.5, 0.6) is 0 Å². The molecule has 0 radical (unpaired) electrons. The van der Waals surface area contributed by atoms with E-state index in [0.717, 1.165) is 24.0 Å². The fourth-order valence-corrected chi connectivity index (χ4v) is 3.41. The molecule has 126 valence electrons. The van der Waals surface area contributed by atoms with Gasteiger partial charge < -0.3 is 10.6 Å². The lowest BCUT2D eigenvalue weighted by Crippen LogP contribution is -2.22. The van der Waals surface area contributed by atoms with E-state index in [1.807, 2.05) is 13.0 Å². The first-order valence-corrected chi connectivity index (χ1v) is 8.70. The zero-order chi connectivity index (χ0) is 17.3. The molecule has 1 saturated carbocycles. The van der Waals surface area contributed by atoms with Crippen LogP contribution in [0, 0.1) is 25.6 Å². The Bertz CT molecular complexity index is 796. The Morgan fingerprint density at radius 1 is 1.21 bits per heavy atom. The van der Waals surface area contributed by atoms with Crippen LogP contribution in [0.15, 0.2) is 24.3 Å². The Morgan fingerprint density at radius 2 is 1.96 bits per heavy atom. The SMILES string of the molecule is Cc1cc(CNC(=O)c2sc(NC(=O)C3CC3)cc2C)ccc1F. The van der Waals surface area contributed by atoms with Crippen molar-refractivity contribution in [1.82, 2.24) is 5.32 Å². The highest BCUT2D eigenvalue weighted by atomic mass is 32.1. The average molecular weight is 346 g/mol. The molecule has 6 heteroatoms. The Morgan fingerprint density at radius 3 is 2.62 bits per heavy atom. The molecule has 0 saturated heterocycles. The first kappa shape index (κ1) is 16.6. The summed E-state index contributed by atoms with van der Waals surface area (Å²) in [6.07, 6.45) is 1.89. The molecule has 0 aliphatic heterocycles. The molecule has 0 spiro atoms. The lowest BCUT2D eigenvalue weighted by atomic mass is 10.1. The largest absolute Gasteiger partial charge is 0.347 e. The minimum Gasteiger partial charge on any atom is -0.347 e. The average Bonchev–Trinajstić information content (AvgIpc) is 3.32. The molecular weight excluding hydrogens is 327 g/mol. The third-order valence-electron chi connectivity index (χ3n) is 3.99. The fraction of sp³-hybridized carbons (Fsp3) is 0.333. The van der Waals surface area contributed by atoms with Crippen molar-refractivity contribution in [2.75, 3.05) is 5.32 Å². The molecule has 1 aliphatic rings. The van der Waals surface area contributed by atoms with Crippen LogP contribution < -0.4 is 10.6 Å². The summed E-state index contributed by atoms with van der Waals surface area (Å²) in [7, 11) is 0. The number of nitrogens with one attached hydrogen (secondary N) is 2. The number of aryl methyl sites for hydroxylation is 2. The minimum atomic E-state index is -0.254. The number of hydrogen-bond acceptors (Lipinski definition) is 3. The third-order valence-corrected chi connectivity index (χ3v) is 5.15. The van der Waals surface area contributed by atoms with E-state index >= 15 is 0 Å². The van der Waals surface area contributed by atoms with E-state index in [9.17, 15) is 14.0 Å². The number of hydrogen-bond donors (Lipinski definition) is 2. The molecule has 1 aromatic carbocycles. The van der Waals surface area contributed by atoms with E-state index < -0.39 is 0 Å². The summed E-state index contributed by atoms with van der Waals surface area (Å²) in [5.41, 5.74) is 2.23. The van der Waals surface area contributed by atoms with Gasteiger partial charge in [0, 0.05) is 12.5 Å². The molecule has 3 rings (SSSR count). The third kappa shape index (κ3) is 3.82. The zero-order valence-corrected chi connectivity index (χ0v) is 14.4. The van der Waals surface area contributed by atoms with Crippen molar-refractivity contribution in [2.24, 2.45) is 5.92 Å². The van der Waals surface area contributed by atoms with Crippen LogP contribution in [0.2, 0.25) is 0 Å². The minimum absolute atomic E-state index is 0.0324. The molecule has 0 unspecified atom stereocenters. The van der Waals surface area contributed by atoms with Crippen molar-refractivity contribution in [2.45, 2.75) is 33.2 Å². The molecule has 2 aromatic rings. The van der Waals surface area contributed by atoms with E-state index in [1.54, 1.807) is 19.1 Å². The number of carbonyl (C=O) groups is 2. The van der Waals surface area contributed by atoms with Crippen LogP contribution >= 0.6 is 11.3 Å². The summed E-state index contributed by atoms with van der Waals surface area (Å²) in [5, 5.41) is 6.41. The van der Waals surface area contributed by atoms with E-state index in [4.69, 9.17) is 0 Å². The highest BCUT2D eigenvalue weighted by molar-refractivity contribution is 7.18. The monoisotopic (exact) mass is 346 g/mol. The zero-order valence-electron chi connectivity index (χ0n) is 13.6. The van der Waals surface area contributed by atoms with Gasteiger partial charge >= 0.3 is 0 Å². The topological polar surface area (TPSA) is 58.2 Å². The molecule has 0 bridgehead atoms. The van der Waals surface area contributed by atoms with Gasteiger partial charge in [-0.25, -0.2) is 4.39 Å². The maximum Gasteiger partial charge on any atom is 0.261 e. The van der Waals surface area contributed by atoms with Crippen LogP contribution in [0.4, 0.5) is 9.39 Å². The van der Waals surface area contributed by atoms with E-state index in [1.165, 1.54) is 17.4 Å². The van der Waals surface area contributed by atoms with Crippen molar-refractivity contribution >= 4 is 28.2 Å². The number of halogens is 1. The molecule has 24 heavy (non-hydrogen) atoms. The van der Waals surface area contributed by atoms with Gasteiger partial charge in [0.05, 0.1) is 9.88 Å². The second-order valence-corrected chi connectivity index (χ2v) is 7.20. The fourth-order valence-electron chi connectivity index (χ4n) is 2.42. The number of rotatable bonds is 5. The van der Waals surface area contributed by atoms with Crippen molar-refractivity contribution < 1.29 is 14.0 Å². The molecule has 2 N–H and O–H groups in total. The number of carbonyl (C=O) groups excluding carboxylic acids is 2. The van der Waals surface area contributed by atoms with Crippen molar-refractivity contribution in [1.29, 1.82) is 0 Å². The predicted octanol–water partition coefficient (Wildman–Crippen LogP) is 3.78. The molecule has 1 aromatic heterocycles. The molecule has 1 fully saturated rings. The summed E-state index contributed by atoms with van der Waals surface area (Å²) in [6.45, 7) is 3.88. The van der Waals surface area contributed by atoms with Gasteiger partial charge in [0.25, 0.3) is 5.91 Å². The Balaban J connectivity index is 1.62. The van der Waals surface area contributed by atoms with Crippen LogP contribution in [0.1, 0.15) is 39.2 Å². The van der Waals surface area contributed by atoms with Crippen LogP contribution in [0.3, 0.4) is 0 Å². The molecule has 1 heterocycles. The van der Waals surface area contributed by atoms with Crippen molar-refractivity contribution in [3.8, 4) is 0 Å². The normalized spacial score (nSPS) is 13.6. The van der Waals surface area contributed by atoms with E-state index in [2.05, 4.69) is 10.6 Å². The molecular formula is C18H19FN2O2S. The summed E-state index contributed by atoms with van der Waals surface area (Å²) in [4.78, 5) is 24.7. The summed E-state index contributed by atoms with van der Waals surface area (Å²) in [6, 6.07) is 6.60. The standard InChI is InChI=1S/C18H19FN2O2S/c1-10-7-12(3-6-14(10)19)9-20-18(23)16-11(2)8-15(24-16)21-17(22)13-4-5-13/h3,6-8,13H,4-5,9H2,1-2H3,(H,20,23)(H,21,22). The van der Waals surface area contributed by atoms with Crippen LogP contribution in [0.25, 0.3) is 0 Å². The summed E-state index contributed by atoms with van der Waals surface area (Å²) < 4.78 is 13.3.